The number of hydrogen-bond acceptors (Lipinski definition) is 0. The first-order valence-corrected chi connectivity index (χ1v) is 15.0. The molecule has 0 atom stereocenters. The molecular formula is C32H44P+. The van der Waals surface area contributed by atoms with Crippen molar-refractivity contribution in [1.29, 1.82) is 0 Å². The van der Waals surface area contributed by atoms with Gasteiger partial charge in [0.15, 0.2) is 0 Å². The molecule has 1 heteroatoms. The second-order valence-electron chi connectivity index (χ2n) is 11.0. The molecule has 0 aliphatic heterocycles. The van der Waals surface area contributed by atoms with E-state index in [4.69, 9.17) is 0 Å². The summed E-state index contributed by atoms with van der Waals surface area (Å²) in [5.41, 5.74) is 10.6. The molecule has 0 unspecified atom stereocenters. The van der Waals surface area contributed by atoms with Gasteiger partial charge in [-0.25, -0.2) is 0 Å². The molecule has 176 valence electrons. The Morgan fingerprint density at radius 1 is 0.667 bits per heavy atom. The zero-order valence-corrected chi connectivity index (χ0v) is 23.4. The van der Waals surface area contributed by atoms with E-state index in [2.05, 4.69) is 124 Å². The molecule has 0 amide bonds. The van der Waals surface area contributed by atoms with Crippen molar-refractivity contribution < 1.29 is 0 Å². The Labute approximate surface area is 205 Å². The van der Waals surface area contributed by atoms with Gasteiger partial charge in [-0.05, 0) is 86.0 Å². The monoisotopic (exact) mass is 459 g/mol. The van der Waals surface area contributed by atoms with E-state index in [-0.39, 0.29) is 7.92 Å². The van der Waals surface area contributed by atoms with Crippen LogP contribution in [0.3, 0.4) is 0 Å². The van der Waals surface area contributed by atoms with E-state index in [0.29, 0.717) is 29.6 Å². The fourth-order valence-electron chi connectivity index (χ4n) is 5.42. The number of hydrogen-bond donors (Lipinski definition) is 0. The SMILES string of the molecule is CC(C)C1=C[CH+]C=C(C(C)C)C1c1cccc(-c2c(C(C)C)cccc2C(C)C)c1P(C)C. The van der Waals surface area contributed by atoms with Crippen LogP contribution < -0.4 is 5.30 Å². The van der Waals surface area contributed by atoms with E-state index >= 15 is 0 Å². The molecule has 0 saturated carbocycles. The highest BCUT2D eigenvalue weighted by Crippen LogP contribution is 2.47. The molecular weight excluding hydrogens is 415 g/mol. The third-order valence-electron chi connectivity index (χ3n) is 7.05. The Morgan fingerprint density at radius 3 is 1.58 bits per heavy atom. The predicted octanol–water partition coefficient (Wildman–Crippen LogP) is 9.43. The number of benzene rings is 2. The molecule has 0 heterocycles. The second-order valence-corrected chi connectivity index (χ2v) is 13.3. The summed E-state index contributed by atoms with van der Waals surface area (Å²) in [4.78, 5) is 0. The largest absolute Gasteiger partial charge is 0.114 e. The van der Waals surface area contributed by atoms with Crippen molar-refractivity contribution in [3.05, 3.63) is 82.8 Å². The van der Waals surface area contributed by atoms with E-state index in [1.165, 1.54) is 27.8 Å². The summed E-state index contributed by atoms with van der Waals surface area (Å²) >= 11 is 0. The first-order valence-electron chi connectivity index (χ1n) is 12.7. The van der Waals surface area contributed by atoms with Crippen LogP contribution in [0, 0.1) is 18.3 Å². The standard InChI is InChI=1S/C32H44P/c1-20(2)24-14-11-15-25(21(3)4)30(24)28-18-13-19-29(32(28)33(9)10)31-26(22(5)6)16-12-17-27(31)23(7)8/h11-23,30H,1-10H3/q+1. The van der Waals surface area contributed by atoms with Gasteiger partial charge in [0, 0.05) is 41.6 Å². The Balaban J connectivity index is 2.38. The summed E-state index contributed by atoms with van der Waals surface area (Å²) in [7, 11) is -0.290. The lowest BCUT2D eigenvalue weighted by atomic mass is 9.72. The molecule has 0 nitrogen and oxygen atoms in total. The van der Waals surface area contributed by atoms with E-state index < -0.39 is 0 Å². The van der Waals surface area contributed by atoms with E-state index in [9.17, 15) is 0 Å². The fourth-order valence-corrected chi connectivity index (χ4v) is 6.81. The van der Waals surface area contributed by atoms with Gasteiger partial charge in [0.25, 0.3) is 0 Å². The summed E-state index contributed by atoms with van der Waals surface area (Å²) in [5, 5.41) is 1.59. The van der Waals surface area contributed by atoms with Crippen molar-refractivity contribution >= 4 is 13.2 Å². The van der Waals surface area contributed by atoms with Gasteiger partial charge >= 0.3 is 0 Å². The highest BCUT2D eigenvalue weighted by atomic mass is 31.1. The van der Waals surface area contributed by atoms with Crippen LogP contribution >= 0.6 is 7.92 Å². The molecule has 0 saturated heterocycles. The third kappa shape index (κ3) is 5.17. The fraction of sp³-hybridized carbons (Fsp3) is 0.469. The molecule has 0 radical (unpaired) electrons. The molecule has 3 rings (SSSR count). The first kappa shape index (κ1) is 25.8. The van der Waals surface area contributed by atoms with Crippen LogP contribution in [-0.4, -0.2) is 13.3 Å². The number of allylic oxidation sites excluding steroid dienone is 4. The minimum atomic E-state index is -0.290. The molecule has 0 fully saturated rings. The Kier molecular flexibility index (Phi) is 8.34. The molecule has 0 bridgehead atoms. The quantitative estimate of drug-likeness (QED) is 0.286. The lowest BCUT2D eigenvalue weighted by Crippen LogP contribution is -2.23. The summed E-state index contributed by atoms with van der Waals surface area (Å²) in [6.45, 7) is 23.6. The Morgan fingerprint density at radius 2 is 1.15 bits per heavy atom. The zero-order chi connectivity index (χ0) is 24.4. The maximum Gasteiger partial charge on any atom is 0.114 e. The molecule has 0 spiro atoms. The van der Waals surface area contributed by atoms with Gasteiger partial charge in [-0.15, -0.1) is 0 Å². The van der Waals surface area contributed by atoms with Gasteiger partial charge in [-0.1, -0.05) is 72.0 Å². The maximum absolute atomic E-state index is 2.44. The van der Waals surface area contributed by atoms with Crippen LogP contribution in [0.4, 0.5) is 0 Å². The highest BCUT2D eigenvalue weighted by Gasteiger charge is 2.37. The van der Waals surface area contributed by atoms with E-state index in [0.717, 1.165) is 0 Å². The van der Waals surface area contributed by atoms with Crippen LogP contribution in [0.25, 0.3) is 11.1 Å². The van der Waals surface area contributed by atoms with Crippen LogP contribution in [0.5, 0.6) is 0 Å². The number of rotatable bonds is 7. The van der Waals surface area contributed by atoms with Crippen LogP contribution in [0.15, 0.2) is 59.7 Å². The van der Waals surface area contributed by atoms with Crippen molar-refractivity contribution in [2.24, 2.45) is 11.8 Å². The third-order valence-corrected chi connectivity index (χ3v) is 8.44. The van der Waals surface area contributed by atoms with Crippen molar-refractivity contribution in [2.45, 2.75) is 73.1 Å². The molecule has 1 aliphatic rings. The smallest absolute Gasteiger partial charge is 0.0806 e. The van der Waals surface area contributed by atoms with Gasteiger partial charge in [0.1, 0.15) is 5.92 Å². The van der Waals surface area contributed by atoms with Crippen molar-refractivity contribution in [3.63, 3.8) is 0 Å². The molecule has 0 aromatic heterocycles. The summed E-state index contributed by atoms with van der Waals surface area (Å²) in [5.74, 6) is 2.43. The van der Waals surface area contributed by atoms with Crippen LogP contribution in [-0.2, 0) is 0 Å². The van der Waals surface area contributed by atoms with Gasteiger partial charge < -0.3 is 0 Å². The van der Waals surface area contributed by atoms with Crippen LogP contribution in [0.1, 0.15) is 89.8 Å². The lowest BCUT2D eigenvalue weighted by Gasteiger charge is -2.30. The van der Waals surface area contributed by atoms with E-state index in [1.54, 1.807) is 16.5 Å². The van der Waals surface area contributed by atoms with E-state index in [1.807, 2.05) is 0 Å². The minimum absolute atomic E-state index is 0.290. The molecule has 2 aromatic carbocycles. The second kappa shape index (κ2) is 10.7. The molecule has 2 aromatic rings. The van der Waals surface area contributed by atoms with Crippen molar-refractivity contribution in [3.8, 4) is 11.1 Å². The topological polar surface area (TPSA) is 0 Å². The minimum Gasteiger partial charge on any atom is -0.0806 e. The Bertz CT molecular complexity index is 980. The Hall–Kier alpha value is -1.78. The first-order chi connectivity index (χ1) is 15.6. The zero-order valence-electron chi connectivity index (χ0n) is 22.5. The van der Waals surface area contributed by atoms with Gasteiger partial charge in [-0.2, -0.15) is 0 Å². The average molecular weight is 460 g/mol. The molecule has 0 N–H and O–H groups in total. The average Bonchev–Trinajstić information content (AvgIpc) is 2.77. The lowest BCUT2D eigenvalue weighted by molar-refractivity contribution is 0.627. The summed E-state index contributed by atoms with van der Waals surface area (Å²) in [6, 6.07) is 14.1. The van der Waals surface area contributed by atoms with Gasteiger partial charge in [0.2, 0.25) is 0 Å². The van der Waals surface area contributed by atoms with Gasteiger partial charge in [0.05, 0.1) is 0 Å². The summed E-state index contributed by atoms with van der Waals surface area (Å²) < 4.78 is 0. The summed E-state index contributed by atoms with van der Waals surface area (Å²) in [6.07, 6.45) is 7.04. The van der Waals surface area contributed by atoms with Crippen LogP contribution in [0.2, 0.25) is 0 Å². The predicted molar refractivity (Wildman–Crippen MR) is 151 cm³/mol. The molecule has 33 heavy (non-hydrogen) atoms. The van der Waals surface area contributed by atoms with Gasteiger partial charge in [-0.3, -0.25) is 0 Å². The highest BCUT2D eigenvalue weighted by molar-refractivity contribution is 7.64. The normalized spacial score (nSPS) is 15.0. The molecule has 1 aliphatic carbocycles. The maximum atomic E-state index is 2.44. The van der Waals surface area contributed by atoms with Crippen molar-refractivity contribution in [1.82, 2.24) is 0 Å². The van der Waals surface area contributed by atoms with Crippen molar-refractivity contribution in [2.75, 3.05) is 13.3 Å².